The summed E-state index contributed by atoms with van der Waals surface area (Å²) in [6, 6.07) is 23.4. The largest absolute Gasteiger partial charge is 0.497 e. The highest BCUT2D eigenvalue weighted by molar-refractivity contribution is 8.38. The number of esters is 1. The van der Waals surface area contributed by atoms with Crippen LogP contribution in [0.3, 0.4) is 0 Å². The predicted octanol–water partition coefficient (Wildman–Crippen LogP) is 4.07. The summed E-state index contributed by atoms with van der Waals surface area (Å²) >= 11 is 5.01. The molecule has 2 atom stereocenters. The lowest BCUT2D eigenvalue weighted by molar-refractivity contribution is -0.156. The fourth-order valence-electron chi connectivity index (χ4n) is 7.40. The molecule has 0 saturated carbocycles. The van der Waals surface area contributed by atoms with Crippen molar-refractivity contribution in [3.63, 3.8) is 0 Å². The molecule has 63 heavy (non-hydrogen) atoms. The SMILES string of the molecule is COc1ccc(C(OCC(CNC(=O)C2CN(C(=O)CCCCCN)CCN2C(=O)CCCCCN)OC(=O)CCC(=O)N[S-](=P)=S)(c2ccccc2)c2ccc(OC)cc2)cc1. The van der Waals surface area contributed by atoms with Crippen LogP contribution in [0.1, 0.15) is 80.9 Å². The van der Waals surface area contributed by atoms with Crippen LogP contribution < -0.4 is 31.0 Å². The Bertz CT molecular complexity index is 1950. The first kappa shape index (κ1) is 51.0. The molecule has 344 valence electrons. The minimum Gasteiger partial charge on any atom is -0.497 e. The number of nitrogens with zero attached hydrogens (tertiary/aromatic N) is 2. The first-order valence-electron chi connectivity index (χ1n) is 21.3. The van der Waals surface area contributed by atoms with E-state index in [2.05, 4.69) is 18.1 Å². The Hall–Kier alpha value is -4.64. The molecule has 0 spiro atoms. The van der Waals surface area contributed by atoms with Gasteiger partial charge in [-0.3, -0.25) is 40.8 Å². The molecule has 0 aromatic heterocycles. The number of carbonyl (C=O) groups excluding carboxylic acids is 5. The van der Waals surface area contributed by atoms with Gasteiger partial charge in [0.05, 0.1) is 40.3 Å². The number of rotatable bonds is 26. The summed E-state index contributed by atoms with van der Waals surface area (Å²) in [7, 11) is 5.37. The van der Waals surface area contributed by atoms with Crippen LogP contribution in [0, 0.1) is 0 Å². The van der Waals surface area contributed by atoms with Gasteiger partial charge in [0.25, 0.3) is 0 Å². The van der Waals surface area contributed by atoms with Crippen LogP contribution in [0.4, 0.5) is 0 Å². The van der Waals surface area contributed by atoms with Crippen LogP contribution in [0.25, 0.3) is 0 Å². The zero-order valence-electron chi connectivity index (χ0n) is 36.2. The first-order valence-corrected chi connectivity index (χ1v) is 24.7. The monoisotopic (exact) mass is 925 g/mol. The van der Waals surface area contributed by atoms with Crippen LogP contribution in [0.5, 0.6) is 11.5 Å². The number of nitrogens with one attached hydrogen (secondary N) is 2. The normalized spacial score (nSPS) is 14.5. The second kappa shape index (κ2) is 26.9. The van der Waals surface area contributed by atoms with Crippen LogP contribution in [-0.4, -0.2) is 112 Å². The van der Waals surface area contributed by atoms with E-state index in [9.17, 15) is 24.0 Å². The zero-order valence-corrected chi connectivity index (χ0v) is 38.9. The zero-order chi connectivity index (χ0) is 45.6. The van der Waals surface area contributed by atoms with Crippen molar-refractivity contribution in [2.24, 2.45) is 11.5 Å². The van der Waals surface area contributed by atoms with Gasteiger partial charge in [-0.25, -0.2) is 11.2 Å². The van der Waals surface area contributed by atoms with Crippen LogP contribution >= 0.6 is 8.02 Å². The predicted molar refractivity (Wildman–Crippen MR) is 249 cm³/mol. The van der Waals surface area contributed by atoms with Crippen molar-refractivity contribution >= 4 is 57.6 Å². The van der Waals surface area contributed by atoms with E-state index in [4.69, 9.17) is 41.6 Å². The Morgan fingerprint density at radius 3 is 1.86 bits per heavy atom. The maximum atomic E-state index is 14.3. The summed E-state index contributed by atoms with van der Waals surface area (Å²) in [6.07, 6.45) is 3.47. The van der Waals surface area contributed by atoms with Crippen molar-refractivity contribution in [3.05, 3.63) is 95.6 Å². The molecule has 6 N–H and O–H groups in total. The van der Waals surface area contributed by atoms with Crippen molar-refractivity contribution in [2.45, 2.75) is 82.0 Å². The third-order valence-corrected chi connectivity index (χ3v) is 11.7. The van der Waals surface area contributed by atoms with Crippen LogP contribution in [0.2, 0.25) is 0 Å². The summed E-state index contributed by atoms with van der Waals surface area (Å²) < 4.78 is 26.5. The fourth-order valence-corrected chi connectivity index (χ4v) is 8.33. The lowest BCUT2D eigenvalue weighted by Gasteiger charge is -2.41. The van der Waals surface area contributed by atoms with Gasteiger partial charge >= 0.3 is 5.97 Å². The summed E-state index contributed by atoms with van der Waals surface area (Å²) in [5.41, 5.74) is 12.3. The third kappa shape index (κ3) is 15.5. The van der Waals surface area contributed by atoms with E-state index in [1.807, 2.05) is 78.9 Å². The van der Waals surface area contributed by atoms with Crippen molar-refractivity contribution in [3.8, 4) is 11.5 Å². The Morgan fingerprint density at radius 1 is 0.762 bits per heavy atom. The van der Waals surface area contributed by atoms with Crippen molar-refractivity contribution < 1.29 is 42.9 Å². The number of piperazine rings is 1. The number of hydrogen-bond acceptors (Lipinski definition) is 13. The number of unbranched alkanes of at least 4 members (excludes halogenated alkanes) is 4. The lowest BCUT2D eigenvalue weighted by Crippen LogP contribution is -2.62. The Kier molecular flexibility index (Phi) is 21.7. The number of ether oxygens (including phenoxy) is 4. The lowest BCUT2D eigenvalue weighted by atomic mass is 9.80. The second-order valence-corrected chi connectivity index (χ2v) is 19.0. The van der Waals surface area contributed by atoms with E-state index in [0.29, 0.717) is 50.4 Å². The van der Waals surface area contributed by atoms with Gasteiger partial charge in [-0.1, -0.05) is 67.4 Å². The number of amides is 4. The highest BCUT2D eigenvalue weighted by Crippen LogP contribution is 2.42. The number of hydrogen-bond donors (Lipinski definition) is 4. The van der Waals surface area contributed by atoms with Gasteiger partial charge in [0, 0.05) is 32.4 Å². The van der Waals surface area contributed by atoms with Crippen molar-refractivity contribution in [2.75, 3.05) is 60.1 Å². The van der Waals surface area contributed by atoms with E-state index >= 15 is 0 Å². The number of methoxy groups -OCH3 is 2. The molecular formula is C45H62N6O9PS2-. The maximum absolute atomic E-state index is 14.3. The molecule has 1 aliphatic rings. The van der Waals surface area contributed by atoms with Gasteiger partial charge in [-0.2, -0.15) is 0 Å². The van der Waals surface area contributed by atoms with Gasteiger partial charge < -0.3 is 50.3 Å². The summed E-state index contributed by atoms with van der Waals surface area (Å²) in [5.74, 6) is -0.676. The maximum Gasteiger partial charge on any atom is 0.306 e. The van der Waals surface area contributed by atoms with E-state index in [-0.39, 0.29) is 57.3 Å². The average molecular weight is 926 g/mol. The topological polar surface area (TPSA) is 205 Å². The van der Waals surface area contributed by atoms with Crippen LogP contribution in [0.15, 0.2) is 78.9 Å². The summed E-state index contributed by atoms with van der Waals surface area (Å²) in [6.45, 7) is 1.12. The fraction of sp³-hybridized carbons (Fsp3) is 0.489. The van der Waals surface area contributed by atoms with E-state index in [0.717, 1.165) is 42.4 Å². The highest BCUT2D eigenvalue weighted by Gasteiger charge is 2.40. The van der Waals surface area contributed by atoms with Crippen LogP contribution in [-0.2, 0) is 59.1 Å². The smallest absolute Gasteiger partial charge is 0.306 e. The first-order chi connectivity index (χ1) is 30.4. The van der Waals surface area contributed by atoms with Crippen molar-refractivity contribution in [1.29, 1.82) is 0 Å². The molecule has 1 fully saturated rings. The Labute approximate surface area is 379 Å². The summed E-state index contributed by atoms with van der Waals surface area (Å²) in [5, 5.41) is 2.93. The molecule has 4 rings (SSSR count). The Morgan fingerprint density at radius 2 is 1.32 bits per heavy atom. The van der Waals surface area contributed by atoms with Gasteiger partial charge in [-0.15, -0.1) is 0 Å². The minimum absolute atomic E-state index is 0.0101. The number of carbonyl (C=O) groups is 5. The molecule has 1 saturated heterocycles. The van der Waals surface area contributed by atoms with Gasteiger partial charge in [0.1, 0.15) is 29.2 Å². The molecule has 0 bridgehead atoms. The molecule has 0 aliphatic carbocycles. The van der Waals surface area contributed by atoms with E-state index in [1.54, 1.807) is 19.1 Å². The van der Waals surface area contributed by atoms with Gasteiger partial charge in [-0.05, 0) is 79.7 Å². The van der Waals surface area contributed by atoms with Gasteiger partial charge in [0.2, 0.25) is 23.6 Å². The standard InChI is InChI=1S/C45H62N6O9PS2/c1-57-36-20-16-34(17-21-36)45(33-12-6-3-7-13-33,35-18-22-37(58-2)23-19-35)59-32-38(60-43(55)25-24-40(52)49-63(61)62)30-48-44(56)39-31-50(41(53)14-8-4-10-26-46)28-29-51(39)42(54)15-9-5-11-27-47/h3,6-7,12-13,16-23,38-39,61H,4-5,8-11,14-15,24-32,46-47H2,1-2H3,(H,48,56)(H,49,52,62)/q-1. The molecule has 15 nitrogen and oxygen atoms in total. The minimum atomic E-state index is -1.29. The van der Waals surface area contributed by atoms with Crippen molar-refractivity contribution in [1.82, 2.24) is 19.8 Å². The molecule has 1 aliphatic heterocycles. The van der Waals surface area contributed by atoms with E-state index < -0.39 is 44.3 Å². The molecular weight excluding hydrogens is 864 g/mol. The number of benzene rings is 3. The molecule has 1 heterocycles. The molecule has 2 unspecified atom stereocenters. The quantitative estimate of drug-likeness (QED) is 0.0296. The molecule has 3 aromatic rings. The second-order valence-electron chi connectivity index (χ2n) is 15.1. The molecule has 3 aromatic carbocycles. The van der Waals surface area contributed by atoms with E-state index in [1.165, 1.54) is 4.90 Å². The number of nitrogens with two attached hydrogens (primary N) is 2. The Balaban J connectivity index is 1.67. The molecule has 4 amide bonds. The molecule has 0 radical (unpaired) electrons. The molecule has 18 heteroatoms. The third-order valence-electron chi connectivity index (χ3n) is 10.8. The van der Waals surface area contributed by atoms with Gasteiger partial charge in [0.15, 0.2) is 0 Å². The summed E-state index contributed by atoms with van der Waals surface area (Å²) in [4.78, 5) is 70.3. The average Bonchev–Trinajstić information content (AvgIpc) is 3.30. The highest BCUT2D eigenvalue weighted by atomic mass is 32.9.